The molecule has 128 valence electrons. The van der Waals surface area contributed by atoms with Crippen LogP contribution in [0, 0.1) is 0 Å². The molecule has 2 aromatic rings. The number of hydrogen-bond acceptors (Lipinski definition) is 4. The molecule has 3 amide bonds. The zero-order chi connectivity index (χ0) is 16.9. The molecule has 1 unspecified atom stereocenters. The Hall–Kier alpha value is -1.99. The average molecular weight is 347 g/mol. The van der Waals surface area contributed by atoms with Crippen LogP contribution in [0.2, 0.25) is 0 Å². The Bertz CT molecular complexity index is 697. The summed E-state index contributed by atoms with van der Waals surface area (Å²) in [6.07, 6.45) is 2.19. The Morgan fingerprint density at radius 1 is 1.38 bits per heavy atom. The average Bonchev–Trinajstić information content (AvgIpc) is 2.99. The zero-order valence-electron chi connectivity index (χ0n) is 13.8. The van der Waals surface area contributed by atoms with Crippen LogP contribution in [-0.4, -0.2) is 43.1 Å². The van der Waals surface area contributed by atoms with Gasteiger partial charge in [0, 0.05) is 6.54 Å². The summed E-state index contributed by atoms with van der Waals surface area (Å²) in [4.78, 5) is 29.4. The lowest BCUT2D eigenvalue weighted by molar-refractivity contribution is -0.898. The van der Waals surface area contributed by atoms with Crippen molar-refractivity contribution in [2.45, 2.75) is 25.7 Å². The second-order valence-electron chi connectivity index (χ2n) is 6.15. The van der Waals surface area contributed by atoms with Crippen LogP contribution >= 0.6 is 11.3 Å². The van der Waals surface area contributed by atoms with Crippen molar-refractivity contribution in [3.05, 3.63) is 29.3 Å². The number of amides is 3. The topological polar surface area (TPSA) is 75.5 Å². The SMILES string of the molecule is CCNC(=O)NC(=O)C[NH+]1CCC[C@H](c2nc3ccccc3s2)C1. The number of carbonyl (C=O) groups is 2. The number of rotatable bonds is 4. The molecular weight excluding hydrogens is 324 g/mol. The number of fused-ring (bicyclic) bond motifs is 1. The number of piperidine rings is 1. The van der Waals surface area contributed by atoms with Crippen molar-refractivity contribution in [1.29, 1.82) is 0 Å². The Morgan fingerprint density at radius 2 is 2.21 bits per heavy atom. The number of benzene rings is 1. The van der Waals surface area contributed by atoms with Crippen LogP contribution in [0.25, 0.3) is 10.2 Å². The van der Waals surface area contributed by atoms with E-state index >= 15 is 0 Å². The first-order valence-corrected chi connectivity index (χ1v) is 9.24. The van der Waals surface area contributed by atoms with Gasteiger partial charge in [0.05, 0.1) is 29.2 Å². The molecule has 0 aliphatic carbocycles. The first-order valence-electron chi connectivity index (χ1n) is 8.42. The van der Waals surface area contributed by atoms with E-state index in [1.165, 1.54) is 9.60 Å². The minimum Gasteiger partial charge on any atom is -0.338 e. The molecule has 0 spiro atoms. The Kier molecular flexibility index (Phi) is 5.42. The molecule has 2 heterocycles. The van der Waals surface area contributed by atoms with Gasteiger partial charge in [-0.15, -0.1) is 11.3 Å². The summed E-state index contributed by atoms with van der Waals surface area (Å²) >= 11 is 1.75. The molecule has 3 rings (SSSR count). The van der Waals surface area contributed by atoms with Crippen molar-refractivity contribution in [2.24, 2.45) is 0 Å². The third-order valence-electron chi connectivity index (χ3n) is 4.28. The molecule has 0 bridgehead atoms. The Labute approximate surface area is 145 Å². The summed E-state index contributed by atoms with van der Waals surface area (Å²) in [5.74, 6) is 0.171. The minimum absolute atomic E-state index is 0.221. The van der Waals surface area contributed by atoms with Gasteiger partial charge in [0.1, 0.15) is 5.01 Å². The maximum atomic E-state index is 12.0. The lowest BCUT2D eigenvalue weighted by atomic mass is 9.99. The number of carbonyl (C=O) groups excluding carboxylic acids is 2. The zero-order valence-corrected chi connectivity index (χ0v) is 14.6. The predicted octanol–water partition coefficient (Wildman–Crippen LogP) is 0.904. The fourth-order valence-electron chi connectivity index (χ4n) is 3.19. The van der Waals surface area contributed by atoms with E-state index in [4.69, 9.17) is 4.98 Å². The van der Waals surface area contributed by atoms with Gasteiger partial charge in [0.25, 0.3) is 5.91 Å². The molecule has 1 fully saturated rings. The van der Waals surface area contributed by atoms with Gasteiger partial charge in [-0.2, -0.15) is 0 Å². The van der Waals surface area contributed by atoms with Crippen molar-refractivity contribution >= 4 is 33.5 Å². The van der Waals surface area contributed by atoms with E-state index in [2.05, 4.69) is 16.7 Å². The van der Waals surface area contributed by atoms with E-state index < -0.39 is 6.03 Å². The van der Waals surface area contributed by atoms with Gasteiger partial charge < -0.3 is 10.2 Å². The van der Waals surface area contributed by atoms with Crippen LogP contribution in [0.4, 0.5) is 4.79 Å². The van der Waals surface area contributed by atoms with Crippen molar-refractivity contribution in [3.63, 3.8) is 0 Å². The maximum Gasteiger partial charge on any atom is 0.321 e. The first kappa shape index (κ1) is 16.9. The molecule has 7 heteroatoms. The lowest BCUT2D eigenvalue weighted by Crippen LogP contribution is -3.14. The van der Waals surface area contributed by atoms with Crippen molar-refractivity contribution in [2.75, 3.05) is 26.2 Å². The highest BCUT2D eigenvalue weighted by Gasteiger charge is 2.28. The number of aromatic nitrogens is 1. The summed E-state index contributed by atoms with van der Waals surface area (Å²) < 4.78 is 1.22. The summed E-state index contributed by atoms with van der Waals surface area (Å²) in [5.41, 5.74) is 1.05. The molecule has 1 aliphatic heterocycles. The summed E-state index contributed by atoms with van der Waals surface area (Å²) in [6, 6.07) is 7.78. The van der Waals surface area contributed by atoms with Gasteiger partial charge in [0.15, 0.2) is 6.54 Å². The molecule has 1 aromatic heterocycles. The Balaban J connectivity index is 1.59. The van der Waals surface area contributed by atoms with Gasteiger partial charge in [-0.25, -0.2) is 9.78 Å². The molecule has 2 atom stereocenters. The third kappa shape index (κ3) is 4.10. The fraction of sp³-hybridized carbons (Fsp3) is 0.471. The van der Waals surface area contributed by atoms with Crippen LogP contribution in [0.15, 0.2) is 24.3 Å². The molecule has 1 saturated heterocycles. The molecule has 0 radical (unpaired) electrons. The smallest absolute Gasteiger partial charge is 0.321 e. The van der Waals surface area contributed by atoms with Crippen molar-refractivity contribution in [1.82, 2.24) is 15.6 Å². The number of urea groups is 1. The van der Waals surface area contributed by atoms with E-state index in [0.717, 1.165) is 36.5 Å². The van der Waals surface area contributed by atoms with Crippen molar-refractivity contribution in [3.8, 4) is 0 Å². The summed E-state index contributed by atoms with van der Waals surface area (Å²) in [6.45, 7) is 4.52. The molecular formula is C17H23N4O2S+. The number of nitrogens with one attached hydrogen (secondary N) is 3. The summed E-state index contributed by atoms with van der Waals surface area (Å²) in [7, 11) is 0. The highest BCUT2D eigenvalue weighted by atomic mass is 32.1. The number of quaternary nitrogens is 1. The van der Waals surface area contributed by atoms with Gasteiger partial charge in [-0.05, 0) is 31.9 Å². The largest absolute Gasteiger partial charge is 0.338 e. The predicted molar refractivity (Wildman–Crippen MR) is 94.4 cm³/mol. The number of nitrogens with zero attached hydrogens (tertiary/aromatic N) is 1. The lowest BCUT2D eigenvalue weighted by Gasteiger charge is -2.28. The van der Waals surface area contributed by atoms with E-state index in [0.29, 0.717) is 19.0 Å². The number of likely N-dealkylation sites (tertiary alicyclic amines) is 1. The Morgan fingerprint density at radius 3 is 3.00 bits per heavy atom. The maximum absolute atomic E-state index is 12.0. The van der Waals surface area contributed by atoms with E-state index in [-0.39, 0.29) is 5.91 Å². The van der Waals surface area contributed by atoms with E-state index in [1.807, 2.05) is 25.1 Å². The molecule has 24 heavy (non-hydrogen) atoms. The monoisotopic (exact) mass is 347 g/mol. The number of hydrogen-bond donors (Lipinski definition) is 3. The molecule has 0 saturated carbocycles. The standard InChI is InChI=1S/C17H22N4O2S/c1-2-18-17(23)20-15(22)11-21-9-5-6-12(10-21)16-19-13-7-3-4-8-14(13)24-16/h3-4,7-8,12H,2,5-6,9-11H2,1H3,(H2,18,20,22,23)/p+1/t12-/m0/s1. The van der Waals surface area contributed by atoms with Gasteiger partial charge in [-0.1, -0.05) is 12.1 Å². The molecule has 1 aliphatic rings. The van der Waals surface area contributed by atoms with Crippen LogP contribution in [0.3, 0.4) is 0 Å². The highest BCUT2D eigenvalue weighted by Crippen LogP contribution is 2.30. The molecule has 6 nitrogen and oxygen atoms in total. The fourth-order valence-corrected chi connectivity index (χ4v) is 4.29. The molecule has 1 aromatic carbocycles. The third-order valence-corrected chi connectivity index (χ3v) is 5.48. The molecule has 3 N–H and O–H groups in total. The second kappa shape index (κ2) is 7.72. The van der Waals surface area contributed by atoms with Crippen LogP contribution < -0.4 is 15.5 Å². The van der Waals surface area contributed by atoms with E-state index in [1.54, 1.807) is 11.3 Å². The van der Waals surface area contributed by atoms with E-state index in [9.17, 15) is 9.59 Å². The quantitative estimate of drug-likeness (QED) is 0.769. The van der Waals surface area contributed by atoms with Crippen molar-refractivity contribution < 1.29 is 14.5 Å². The number of para-hydroxylation sites is 1. The number of thiazole rings is 1. The first-order chi connectivity index (χ1) is 11.7. The summed E-state index contributed by atoms with van der Waals surface area (Å²) in [5, 5.41) is 6.12. The van der Waals surface area contributed by atoms with Crippen LogP contribution in [0.1, 0.15) is 30.7 Å². The van der Waals surface area contributed by atoms with Gasteiger partial charge in [-0.3, -0.25) is 10.1 Å². The van der Waals surface area contributed by atoms with Gasteiger partial charge >= 0.3 is 6.03 Å². The normalized spacial score (nSPS) is 20.7. The minimum atomic E-state index is -0.415. The van der Waals surface area contributed by atoms with Crippen LogP contribution in [-0.2, 0) is 4.79 Å². The number of imide groups is 1. The second-order valence-corrected chi connectivity index (χ2v) is 7.21. The highest BCUT2D eigenvalue weighted by molar-refractivity contribution is 7.18. The van der Waals surface area contributed by atoms with Gasteiger partial charge in [0.2, 0.25) is 0 Å². The van der Waals surface area contributed by atoms with Crippen LogP contribution in [0.5, 0.6) is 0 Å².